The van der Waals surface area contributed by atoms with Crippen molar-refractivity contribution in [3.8, 4) is 11.5 Å². The maximum absolute atomic E-state index is 12.6. The minimum Gasteiger partial charge on any atom is -0.497 e. The molecule has 0 spiro atoms. The molecule has 0 aliphatic rings. The van der Waals surface area contributed by atoms with E-state index in [1.807, 2.05) is 6.92 Å². The number of hydrogen-bond acceptors (Lipinski definition) is 5. The zero-order valence-corrected chi connectivity index (χ0v) is 19.3. The van der Waals surface area contributed by atoms with Crippen molar-refractivity contribution in [3.63, 3.8) is 0 Å². The standard InChI is InChI=1S/C23H23ClN2O5S/c1-15-7-8-18(13-22(15)24)26-32(28,29)21-11-9-17(10-12-21)25-23(27)16(2)31-20-6-4-5-19(14-20)30-3/h4-14,16,26H,1-3H3,(H,25,27)/t16-/m0/s1. The van der Waals surface area contributed by atoms with Crippen LogP contribution in [0.4, 0.5) is 11.4 Å². The average molecular weight is 475 g/mol. The normalized spacial score (nSPS) is 12.0. The van der Waals surface area contributed by atoms with E-state index in [0.29, 0.717) is 27.9 Å². The molecule has 0 saturated heterocycles. The first-order valence-electron chi connectivity index (χ1n) is 9.68. The van der Waals surface area contributed by atoms with Crippen LogP contribution >= 0.6 is 11.6 Å². The smallest absolute Gasteiger partial charge is 0.265 e. The van der Waals surface area contributed by atoms with Crippen LogP contribution in [0.15, 0.2) is 71.6 Å². The number of nitrogens with one attached hydrogen (secondary N) is 2. The van der Waals surface area contributed by atoms with Gasteiger partial charge in [-0.3, -0.25) is 9.52 Å². The van der Waals surface area contributed by atoms with Gasteiger partial charge >= 0.3 is 0 Å². The topological polar surface area (TPSA) is 93.7 Å². The number of halogens is 1. The van der Waals surface area contributed by atoms with E-state index in [-0.39, 0.29) is 10.8 Å². The van der Waals surface area contributed by atoms with Crippen LogP contribution in [0.3, 0.4) is 0 Å². The summed E-state index contributed by atoms with van der Waals surface area (Å²) < 4.78 is 38.5. The number of methoxy groups -OCH3 is 1. The van der Waals surface area contributed by atoms with Crippen molar-refractivity contribution in [3.05, 3.63) is 77.3 Å². The molecule has 168 valence electrons. The highest BCUT2D eigenvalue weighted by Crippen LogP contribution is 2.24. The van der Waals surface area contributed by atoms with Gasteiger partial charge in [-0.1, -0.05) is 23.7 Å². The number of ether oxygens (including phenoxy) is 2. The second-order valence-electron chi connectivity index (χ2n) is 7.02. The summed E-state index contributed by atoms with van der Waals surface area (Å²) >= 11 is 6.06. The molecule has 2 N–H and O–H groups in total. The fraction of sp³-hybridized carbons (Fsp3) is 0.174. The van der Waals surface area contributed by atoms with Crippen LogP contribution < -0.4 is 19.5 Å². The second-order valence-corrected chi connectivity index (χ2v) is 9.11. The van der Waals surface area contributed by atoms with Gasteiger partial charge in [0.15, 0.2) is 6.10 Å². The van der Waals surface area contributed by atoms with Gasteiger partial charge in [-0.15, -0.1) is 0 Å². The summed E-state index contributed by atoms with van der Waals surface area (Å²) in [7, 11) is -2.26. The van der Waals surface area contributed by atoms with Crippen molar-refractivity contribution < 1.29 is 22.7 Å². The molecule has 0 unspecified atom stereocenters. The number of amides is 1. The quantitative estimate of drug-likeness (QED) is 0.486. The first-order valence-corrected chi connectivity index (χ1v) is 11.5. The molecule has 0 aromatic heterocycles. The number of rotatable bonds is 8. The molecular formula is C23H23ClN2O5S. The highest BCUT2D eigenvalue weighted by Gasteiger charge is 2.17. The Morgan fingerprint density at radius 1 is 0.969 bits per heavy atom. The van der Waals surface area contributed by atoms with E-state index in [9.17, 15) is 13.2 Å². The molecule has 7 nitrogen and oxygen atoms in total. The fourth-order valence-electron chi connectivity index (χ4n) is 2.76. The maximum Gasteiger partial charge on any atom is 0.265 e. The van der Waals surface area contributed by atoms with Crippen LogP contribution in [0.1, 0.15) is 12.5 Å². The van der Waals surface area contributed by atoms with Crippen LogP contribution in [0.5, 0.6) is 11.5 Å². The summed E-state index contributed by atoms with van der Waals surface area (Å²) in [6, 6.07) is 17.7. The van der Waals surface area contributed by atoms with E-state index in [1.54, 1.807) is 56.5 Å². The van der Waals surface area contributed by atoms with Gasteiger partial charge in [0.05, 0.1) is 17.7 Å². The molecule has 0 saturated carbocycles. The molecule has 1 atom stereocenters. The van der Waals surface area contributed by atoms with Crippen molar-refractivity contribution >= 4 is 38.9 Å². The van der Waals surface area contributed by atoms with E-state index < -0.39 is 16.1 Å². The zero-order valence-electron chi connectivity index (χ0n) is 17.8. The van der Waals surface area contributed by atoms with Crippen molar-refractivity contribution in [2.24, 2.45) is 0 Å². The number of hydrogen-bond donors (Lipinski definition) is 2. The van der Waals surface area contributed by atoms with Gasteiger partial charge in [-0.2, -0.15) is 0 Å². The van der Waals surface area contributed by atoms with Gasteiger partial charge in [0.2, 0.25) is 0 Å². The van der Waals surface area contributed by atoms with Gasteiger partial charge in [-0.05, 0) is 67.9 Å². The van der Waals surface area contributed by atoms with Gasteiger partial charge in [0.1, 0.15) is 11.5 Å². The molecule has 3 aromatic carbocycles. The summed E-state index contributed by atoms with van der Waals surface area (Å²) in [6.07, 6.45) is -0.779. The van der Waals surface area contributed by atoms with Crippen LogP contribution in [-0.2, 0) is 14.8 Å². The van der Waals surface area contributed by atoms with E-state index >= 15 is 0 Å². The lowest BCUT2D eigenvalue weighted by atomic mass is 10.2. The molecular weight excluding hydrogens is 452 g/mol. The predicted octanol–water partition coefficient (Wildman–Crippen LogP) is 4.86. The van der Waals surface area contributed by atoms with Gasteiger partial charge < -0.3 is 14.8 Å². The molecule has 0 aliphatic heterocycles. The molecule has 0 fully saturated rings. The Morgan fingerprint density at radius 2 is 1.62 bits per heavy atom. The molecule has 9 heteroatoms. The number of sulfonamides is 1. The number of aryl methyl sites for hydroxylation is 1. The van der Waals surface area contributed by atoms with Gasteiger partial charge in [-0.25, -0.2) is 8.42 Å². The Labute approximate surface area is 192 Å². The second kappa shape index (κ2) is 9.93. The highest BCUT2D eigenvalue weighted by atomic mass is 35.5. The lowest BCUT2D eigenvalue weighted by Crippen LogP contribution is -2.30. The molecule has 32 heavy (non-hydrogen) atoms. The summed E-state index contributed by atoms with van der Waals surface area (Å²) in [6.45, 7) is 3.44. The van der Waals surface area contributed by atoms with E-state index in [4.69, 9.17) is 21.1 Å². The SMILES string of the molecule is COc1cccc(O[C@@H](C)C(=O)Nc2ccc(S(=O)(=O)Nc3ccc(C)c(Cl)c3)cc2)c1. The molecule has 0 aliphatic carbocycles. The highest BCUT2D eigenvalue weighted by molar-refractivity contribution is 7.92. The molecule has 3 rings (SSSR count). The number of benzene rings is 3. The summed E-state index contributed by atoms with van der Waals surface area (Å²) in [5.74, 6) is 0.736. The van der Waals surface area contributed by atoms with Crippen LogP contribution in [-0.4, -0.2) is 27.5 Å². The lowest BCUT2D eigenvalue weighted by Gasteiger charge is -2.15. The van der Waals surface area contributed by atoms with Crippen molar-refractivity contribution in [1.82, 2.24) is 0 Å². The summed E-state index contributed by atoms with van der Waals surface area (Å²) in [5, 5.41) is 3.17. The third kappa shape index (κ3) is 5.93. The van der Waals surface area contributed by atoms with Crippen molar-refractivity contribution in [2.75, 3.05) is 17.1 Å². The van der Waals surface area contributed by atoms with Gasteiger partial charge in [0, 0.05) is 16.8 Å². The Kier molecular flexibility index (Phi) is 7.27. The molecule has 3 aromatic rings. The zero-order chi connectivity index (χ0) is 23.3. The van der Waals surface area contributed by atoms with E-state index in [2.05, 4.69) is 10.0 Å². The van der Waals surface area contributed by atoms with Crippen LogP contribution in [0, 0.1) is 6.92 Å². The number of carbonyl (C=O) groups is 1. The van der Waals surface area contributed by atoms with Gasteiger partial charge in [0.25, 0.3) is 15.9 Å². The monoisotopic (exact) mass is 474 g/mol. The Hall–Kier alpha value is -3.23. The first kappa shape index (κ1) is 23.4. The number of carbonyl (C=O) groups excluding carboxylic acids is 1. The molecule has 0 radical (unpaired) electrons. The lowest BCUT2D eigenvalue weighted by molar-refractivity contribution is -0.122. The molecule has 1 amide bonds. The largest absolute Gasteiger partial charge is 0.497 e. The van der Waals surface area contributed by atoms with E-state index in [1.165, 1.54) is 24.3 Å². The third-order valence-electron chi connectivity index (χ3n) is 4.58. The maximum atomic E-state index is 12.6. The Balaban J connectivity index is 1.64. The fourth-order valence-corrected chi connectivity index (χ4v) is 3.99. The van der Waals surface area contributed by atoms with Crippen LogP contribution in [0.25, 0.3) is 0 Å². The van der Waals surface area contributed by atoms with Crippen molar-refractivity contribution in [1.29, 1.82) is 0 Å². The van der Waals surface area contributed by atoms with Crippen LogP contribution in [0.2, 0.25) is 5.02 Å². The minimum absolute atomic E-state index is 0.0490. The summed E-state index contributed by atoms with van der Waals surface area (Å²) in [4.78, 5) is 12.5. The molecule has 0 bridgehead atoms. The minimum atomic E-state index is -3.81. The summed E-state index contributed by atoms with van der Waals surface area (Å²) in [5.41, 5.74) is 1.65. The predicted molar refractivity (Wildman–Crippen MR) is 125 cm³/mol. The third-order valence-corrected chi connectivity index (χ3v) is 6.38. The average Bonchev–Trinajstić information content (AvgIpc) is 2.76. The van der Waals surface area contributed by atoms with E-state index in [0.717, 1.165) is 5.56 Å². The Bertz CT molecular complexity index is 1210. The van der Waals surface area contributed by atoms with Crippen molar-refractivity contribution in [2.45, 2.75) is 24.8 Å². The molecule has 0 heterocycles. The number of anilines is 2. The Morgan fingerprint density at radius 3 is 2.28 bits per heavy atom. The first-order chi connectivity index (χ1) is 15.2.